The summed E-state index contributed by atoms with van der Waals surface area (Å²) >= 11 is 1.54. The Bertz CT molecular complexity index is 1110. The largest absolute Gasteiger partial charge is 0.486 e. The minimum atomic E-state index is -0.335. The lowest BCUT2D eigenvalue weighted by Crippen LogP contribution is -2.61. The summed E-state index contributed by atoms with van der Waals surface area (Å²) in [5.74, 6) is 0.186. The lowest BCUT2D eigenvalue weighted by Gasteiger charge is -2.48. The first-order chi connectivity index (χ1) is 14.6. The monoisotopic (exact) mass is 442 g/mol. The second-order valence-electron chi connectivity index (χ2n) is 9.81. The highest BCUT2D eigenvalue weighted by Crippen LogP contribution is 2.46. The van der Waals surface area contributed by atoms with E-state index in [1.54, 1.807) is 6.20 Å². The Morgan fingerprint density at radius 2 is 1.94 bits per heavy atom. The normalized spacial score (nSPS) is 19.4. The molecule has 2 N–H and O–H groups in total. The summed E-state index contributed by atoms with van der Waals surface area (Å²) in [4.78, 5) is 7.94. The number of nitrogens with zero attached hydrogens (tertiary/aromatic N) is 4. The van der Waals surface area contributed by atoms with E-state index in [0.717, 1.165) is 28.5 Å². The molecular weight excluding hydrogens is 415 g/mol. The number of aromatic amines is 1. The Morgan fingerprint density at radius 3 is 2.61 bits per heavy atom. The number of piperidine rings is 1. The molecule has 3 aromatic rings. The van der Waals surface area contributed by atoms with E-state index < -0.39 is 0 Å². The van der Waals surface area contributed by atoms with E-state index in [1.165, 1.54) is 17.4 Å². The van der Waals surface area contributed by atoms with Crippen LogP contribution in [0.25, 0.3) is 21.7 Å². The fourth-order valence-corrected chi connectivity index (χ4v) is 6.19. The number of H-pyrrole nitrogens is 1. The third-order valence-corrected chi connectivity index (χ3v) is 7.27. The highest BCUT2D eigenvalue weighted by molar-refractivity contribution is 7.19. The number of hydrogen-bond acceptors (Lipinski definition) is 7. The van der Waals surface area contributed by atoms with Gasteiger partial charge in [-0.25, -0.2) is 9.37 Å². The highest BCUT2D eigenvalue weighted by atomic mass is 32.1. The van der Waals surface area contributed by atoms with Crippen molar-refractivity contribution < 1.29 is 9.13 Å². The maximum Gasteiger partial charge on any atom is 0.186 e. The number of benzene rings is 1. The molecule has 0 atom stereocenters. The van der Waals surface area contributed by atoms with Crippen LogP contribution in [-0.2, 0) is 6.61 Å². The summed E-state index contributed by atoms with van der Waals surface area (Å²) in [5, 5.41) is 15.0. The van der Waals surface area contributed by atoms with Gasteiger partial charge in [-0.1, -0.05) is 11.3 Å². The minimum absolute atomic E-state index is 0.0386. The topological polar surface area (TPSA) is 79.0 Å². The van der Waals surface area contributed by atoms with Crippen molar-refractivity contribution in [3.63, 3.8) is 0 Å². The smallest absolute Gasteiger partial charge is 0.186 e. The Balaban J connectivity index is 1.49. The first-order valence-electron chi connectivity index (χ1n) is 10.5. The number of hydrogen-bond donors (Lipinski definition) is 2. The van der Waals surface area contributed by atoms with Crippen LogP contribution in [0.15, 0.2) is 18.3 Å². The molecule has 0 bridgehead atoms. The molecule has 0 amide bonds. The molecule has 164 valence electrons. The quantitative estimate of drug-likeness (QED) is 0.627. The van der Waals surface area contributed by atoms with Crippen LogP contribution in [0.3, 0.4) is 0 Å². The fourth-order valence-electron chi connectivity index (χ4n) is 5.03. The summed E-state index contributed by atoms with van der Waals surface area (Å²) in [6.07, 6.45) is 3.59. The maximum absolute atomic E-state index is 15.2. The second kappa shape index (κ2) is 7.00. The van der Waals surface area contributed by atoms with Crippen LogP contribution in [0.4, 0.5) is 9.52 Å². The molecule has 4 heterocycles. The molecule has 1 fully saturated rings. The van der Waals surface area contributed by atoms with Gasteiger partial charge in [-0.15, -0.1) is 0 Å². The number of halogens is 1. The zero-order chi connectivity index (χ0) is 22.0. The van der Waals surface area contributed by atoms with Gasteiger partial charge in [0.1, 0.15) is 23.9 Å². The van der Waals surface area contributed by atoms with Crippen LogP contribution >= 0.6 is 11.3 Å². The standard InChI is InChI=1S/C22H27FN6OS/c1-21(2)8-13(9-22(3,4)27-21)29(5)20-25-16-11-30-17-7-12(15-10-24-28-26-15)6-14(23)18(17)19(16)31-20/h6-7,10,13,27H,8-9,11H2,1-5H3,(H,24,26,28). The molecule has 0 radical (unpaired) electrons. The van der Waals surface area contributed by atoms with Gasteiger partial charge in [0.25, 0.3) is 0 Å². The Morgan fingerprint density at radius 1 is 1.19 bits per heavy atom. The molecule has 5 rings (SSSR count). The summed E-state index contributed by atoms with van der Waals surface area (Å²) < 4.78 is 21.1. The van der Waals surface area contributed by atoms with Crippen LogP contribution in [0, 0.1) is 5.82 Å². The lowest BCUT2D eigenvalue weighted by molar-refractivity contribution is 0.161. The lowest BCUT2D eigenvalue weighted by atomic mass is 9.79. The molecule has 7 nitrogen and oxygen atoms in total. The van der Waals surface area contributed by atoms with Crippen molar-refractivity contribution >= 4 is 16.5 Å². The van der Waals surface area contributed by atoms with Gasteiger partial charge in [-0.05, 0) is 52.7 Å². The van der Waals surface area contributed by atoms with E-state index >= 15 is 4.39 Å². The van der Waals surface area contributed by atoms with E-state index in [4.69, 9.17) is 9.72 Å². The first kappa shape index (κ1) is 20.4. The van der Waals surface area contributed by atoms with Crippen LogP contribution in [0.5, 0.6) is 5.75 Å². The first-order valence-corrected chi connectivity index (χ1v) is 11.3. The Kier molecular flexibility index (Phi) is 4.60. The number of fused-ring (bicyclic) bond motifs is 3. The molecule has 1 saturated heterocycles. The van der Waals surface area contributed by atoms with Gasteiger partial charge in [0.05, 0.1) is 22.3 Å². The summed E-state index contributed by atoms with van der Waals surface area (Å²) in [5.41, 5.74) is 2.57. The Hall–Kier alpha value is -2.52. The molecule has 0 unspecified atom stereocenters. The number of ether oxygens (including phenoxy) is 1. The maximum atomic E-state index is 15.2. The molecule has 0 saturated carbocycles. The van der Waals surface area contributed by atoms with Crippen molar-refractivity contribution in [1.29, 1.82) is 0 Å². The van der Waals surface area contributed by atoms with Gasteiger partial charge < -0.3 is 15.0 Å². The molecule has 1 aromatic carbocycles. The van der Waals surface area contributed by atoms with Crippen LogP contribution in [0.2, 0.25) is 0 Å². The van der Waals surface area contributed by atoms with Crippen molar-refractivity contribution in [2.75, 3.05) is 11.9 Å². The van der Waals surface area contributed by atoms with Gasteiger partial charge in [0.2, 0.25) is 0 Å². The number of nitrogens with one attached hydrogen (secondary N) is 2. The van der Waals surface area contributed by atoms with Crippen LogP contribution in [-0.4, -0.2) is 44.6 Å². The van der Waals surface area contributed by atoms with Gasteiger partial charge >= 0.3 is 0 Å². The third-order valence-electron chi connectivity index (χ3n) is 6.06. The van der Waals surface area contributed by atoms with E-state index in [-0.39, 0.29) is 16.9 Å². The van der Waals surface area contributed by atoms with Crippen molar-refractivity contribution in [1.82, 2.24) is 25.7 Å². The van der Waals surface area contributed by atoms with Gasteiger partial charge in [-0.2, -0.15) is 15.4 Å². The van der Waals surface area contributed by atoms with E-state index in [0.29, 0.717) is 35.2 Å². The molecule has 2 aliphatic rings. The van der Waals surface area contributed by atoms with Crippen LogP contribution < -0.4 is 15.0 Å². The molecule has 2 aromatic heterocycles. The molecule has 9 heteroatoms. The zero-order valence-electron chi connectivity index (χ0n) is 18.4. The average molecular weight is 443 g/mol. The molecule has 0 spiro atoms. The van der Waals surface area contributed by atoms with E-state index in [2.05, 4.69) is 60.4 Å². The summed E-state index contributed by atoms with van der Waals surface area (Å²) in [6, 6.07) is 3.65. The number of anilines is 1. The molecular formula is C22H27FN6OS. The predicted octanol–water partition coefficient (Wildman–Crippen LogP) is 4.37. The number of thiazole rings is 1. The van der Waals surface area contributed by atoms with Gasteiger partial charge in [0.15, 0.2) is 5.13 Å². The second-order valence-corrected chi connectivity index (χ2v) is 10.8. The van der Waals surface area contributed by atoms with Crippen molar-refractivity contribution in [2.24, 2.45) is 0 Å². The van der Waals surface area contributed by atoms with Crippen molar-refractivity contribution in [3.05, 3.63) is 29.8 Å². The Labute approximate surface area is 185 Å². The van der Waals surface area contributed by atoms with Crippen molar-refractivity contribution in [2.45, 2.75) is 64.3 Å². The van der Waals surface area contributed by atoms with Crippen molar-refractivity contribution in [3.8, 4) is 27.4 Å². The summed E-state index contributed by atoms with van der Waals surface area (Å²) in [7, 11) is 2.10. The molecule has 2 aliphatic heterocycles. The van der Waals surface area contributed by atoms with Crippen LogP contribution in [0.1, 0.15) is 46.2 Å². The van der Waals surface area contributed by atoms with E-state index in [1.807, 2.05) is 6.07 Å². The molecule has 31 heavy (non-hydrogen) atoms. The van der Waals surface area contributed by atoms with Gasteiger partial charge in [-0.3, -0.25) is 0 Å². The minimum Gasteiger partial charge on any atom is -0.486 e. The fraction of sp³-hybridized carbons (Fsp3) is 0.500. The highest BCUT2D eigenvalue weighted by Gasteiger charge is 2.40. The number of rotatable bonds is 3. The average Bonchev–Trinajstić information content (AvgIpc) is 3.34. The predicted molar refractivity (Wildman–Crippen MR) is 120 cm³/mol. The molecule has 0 aliphatic carbocycles. The summed E-state index contributed by atoms with van der Waals surface area (Å²) in [6.45, 7) is 9.31. The van der Waals surface area contributed by atoms with E-state index in [9.17, 15) is 0 Å². The number of aromatic nitrogens is 4. The SMILES string of the molecule is CN(c1nc2c(s1)-c1c(F)cc(-c3cn[nH]n3)cc1OC2)C1CC(C)(C)NC(C)(C)C1. The zero-order valence-corrected chi connectivity index (χ0v) is 19.2. The van der Waals surface area contributed by atoms with Gasteiger partial charge in [0, 0.05) is 29.7 Å². The third kappa shape index (κ3) is 3.70.